The number of esters is 1. The molecular formula is C22H24N6O3. The zero-order valence-electron chi connectivity index (χ0n) is 17.5. The molecule has 2 aromatic heterocycles. The molecular weight excluding hydrogens is 396 g/mol. The lowest BCUT2D eigenvalue weighted by Gasteiger charge is -2.31. The largest absolute Gasteiger partial charge is 0.465 e. The van der Waals surface area contributed by atoms with Crippen LogP contribution >= 0.6 is 0 Å². The van der Waals surface area contributed by atoms with Crippen molar-refractivity contribution in [2.45, 2.75) is 19.8 Å². The van der Waals surface area contributed by atoms with E-state index < -0.39 is 5.97 Å². The van der Waals surface area contributed by atoms with Crippen molar-refractivity contribution in [2.75, 3.05) is 30.4 Å². The van der Waals surface area contributed by atoms with Gasteiger partial charge in [0.2, 0.25) is 0 Å². The molecule has 3 heterocycles. The molecule has 31 heavy (non-hydrogen) atoms. The maximum absolute atomic E-state index is 12.6. The van der Waals surface area contributed by atoms with Crippen molar-refractivity contribution in [3.8, 4) is 5.82 Å². The molecule has 1 aliphatic rings. The Morgan fingerprint density at radius 3 is 2.65 bits per heavy atom. The second-order valence-corrected chi connectivity index (χ2v) is 7.60. The predicted molar refractivity (Wildman–Crippen MR) is 115 cm³/mol. The van der Waals surface area contributed by atoms with Crippen LogP contribution in [-0.2, 0) is 4.74 Å². The molecule has 9 heteroatoms. The number of hydrogen-bond donors (Lipinski definition) is 1. The zero-order valence-corrected chi connectivity index (χ0v) is 17.5. The molecule has 1 amide bonds. The van der Waals surface area contributed by atoms with Crippen LogP contribution in [0.3, 0.4) is 0 Å². The highest BCUT2D eigenvalue weighted by Gasteiger charge is 2.18. The lowest BCUT2D eigenvalue weighted by atomic mass is 9.99. The number of rotatable bonds is 5. The van der Waals surface area contributed by atoms with Gasteiger partial charge in [-0.3, -0.25) is 9.36 Å². The molecule has 1 aliphatic heterocycles. The molecule has 0 radical (unpaired) electrons. The highest BCUT2D eigenvalue weighted by atomic mass is 16.5. The standard InChI is InChI=1S/C22H24N6O3/c1-15-6-8-27(9-7-15)19-11-20(24-13-23-19)28-12-18(25-14-28)21(29)26-17-5-3-4-16(10-17)22(30)31-2/h3-5,10-15H,6-9H2,1-2H3,(H,26,29). The van der Waals surface area contributed by atoms with Gasteiger partial charge in [-0.05, 0) is 37.0 Å². The summed E-state index contributed by atoms with van der Waals surface area (Å²) < 4.78 is 6.40. The van der Waals surface area contributed by atoms with Gasteiger partial charge >= 0.3 is 5.97 Å². The van der Waals surface area contributed by atoms with E-state index in [0.717, 1.165) is 37.7 Å². The van der Waals surface area contributed by atoms with E-state index in [2.05, 4.69) is 32.1 Å². The van der Waals surface area contributed by atoms with Gasteiger partial charge in [-0.15, -0.1) is 0 Å². The van der Waals surface area contributed by atoms with E-state index in [9.17, 15) is 9.59 Å². The van der Waals surface area contributed by atoms with E-state index in [0.29, 0.717) is 17.1 Å². The average Bonchev–Trinajstić information content (AvgIpc) is 3.30. The second kappa shape index (κ2) is 8.95. The molecule has 1 fully saturated rings. The van der Waals surface area contributed by atoms with Crippen LogP contribution in [0.5, 0.6) is 0 Å². The number of nitrogens with zero attached hydrogens (tertiary/aromatic N) is 5. The number of aromatic nitrogens is 4. The quantitative estimate of drug-likeness (QED) is 0.633. The van der Waals surface area contributed by atoms with Crippen LogP contribution in [0.4, 0.5) is 11.5 Å². The van der Waals surface area contributed by atoms with Crippen molar-refractivity contribution < 1.29 is 14.3 Å². The molecule has 4 rings (SSSR count). The first kappa shape index (κ1) is 20.5. The molecule has 0 saturated carbocycles. The number of ether oxygens (including phenoxy) is 1. The summed E-state index contributed by atoms with van der Waals surface area (Å²) >= 11 is 0. The summed E-state index contributed by atoms with van der Waals surface area (Å²) in [5.74, 6) is 1.39. The molecule has 0 spiro atoms. The summed E-state index contributed by atoms with van der Waals surface area (Å²) in [6.45, 7) is 4.21. The number of methoxy groups -OCH3 is 1. The Bertz CT molecular complexity index is 1090. The predicted octanol–water partition coefficient (Wildman–Crippen LogP) is 2.94. The van der Waals surface area contributed by atoms with Crippen LogP contribution in [0.25, 0.3) is 5.82 Å². The molecule has 1 saturated heterocycles. The number of hydrogen-bond acceptors (Lipinski definition) is 7. The maximum atomic E-state index is 12.6. The lowest BCUT2D eigenvalue weighted by molar-refractivity contribution is 0.0600. The van der Waals surface area contributed by atoms with Gasteiger partial charge in [0.1, 0.15) is 30.0 Å². The number of imidazole rings is 1. The Labute approximate surface area is 180 Å². The van der Waals surface area contributed by atoms with Gasteiger partial charge in [-0.25, -0.2) is 19.7 Å². The minimum atomic E-state index is -0.469. The molecule has 9 nitrogen and oxygen atoms in total. The first-order valence-electron chi connectivity index (χ1n) is 10.1. The number of carbonyl (C=O) groups is 2. The number of piperidine rings is 1. The second-order valence-electron chi connectivity index (χ2n) is 7.60. The molecule has 1 aromatic carbocycles. The monoisotopic (exact) mass is 420 g/mol. The van der Waals surface area contributed by atoms with Crippen molar-refractivity contribution >= 4 is 23.4 Å². The fourth-order valence-electron chi connectivity index (χ4n) is 3.49. The van der Waals surface area contributed by atoms with E-state index in [-0.39, 0.29) is 11.6 Å². The van der Waals surface area contributed by atoms with Crippen LogP contribution < -0.4 is 10.2 Å². The Morgan fingerprint density at radius 2 is 1.87 bits per heavy atom. The summed E-state index contributed by atoms with van der Waals surface area (Å²) in [5.41, 5.74) is 1.06. The molecule has 0 aliphatic carbocycles. The van der Waals surface area contributed by atoms with Crippen molar-refractivity contribution in [3.05, 3.63) is 60.4 Å². The van der Waals surface area contributed by atoms with Gasteiger partial charge in [0.05, 0.1) is 12.7 Å². The number of anilines is 2. The SMILES string of the molecule is COC(=O)c1cccc(NC(=O)c2cn(-c3cc(N4CCC(C)CC4)ncn3)cn2)c1. The van der Waals surface area contributed by atoms with Crippen LogP contribution in [0.15, 0.2) is 49.2 Å². The van der Waals surface area contributed by atoms with Gasteiger partial charge in [-0.2, -0.15) is 0 Å². The molecule has 160 valence electrons. The maximum Gasteiger partial charge on any atom is 0.337 e. The zero-order chi connectivity index (χ0) is 21.8. The van der Waals surface area contributed by atoms with Gasteiger partial charge in [0, 0.05) is 31.0 Å². The highest BCUT2D eigenvalue weighted by molar-refractivity contribution is 6.03. The first-order chi connectivity index (χ1) is 15.0. The van der Waals surface area contributed by atoms with Crippen molar-refractivity contribution in [1.82, 2.24) is 19.5 Å². The van der Waals surface area contributed by atoms with Crippen LogP contribution in [0, 0.1) is 5.92 Å². The Hall–Kier alpha value is -3.75. The van der Waals surface area contributed by atoms with E-state index in [1.165, 1.54) is 13.4 Å². The molecule has 0 atom stereocenters. The molecule has 3 aromatic rings. The summed E-state index contributed by atoms with van der Waals surface area (Å²) in [6, 6.07) is 8.43. The topological polar surface area (TPSA) is 102 Å². The third kappa shape index (κ3) is 4.71. The number of nitrogens with one attached hydrogen (secondary N) is 1. The van der Waals surface area contributed by atoms with Crippen molar-refractivity contribution in [2.24, 2.45) is 5.92 Å². The lowest BCUT2D eigenvalue weighted by Crippen LogP contribution is -2.33. The minimum Gasteiger partial charge on any atom is -0.465 e. The third-order valence-electron chi connectivity index (χ3n) is 5.37. The van der Waals surface area contributed by atoms with Crippen molar-refractivity contribution in [1.29, 1.82) is 0 Å². The number of carbonyl (C=O) groups excluding carboxylic acids is 2. The molecule has 0 bridgehead atoms. The third-order valence-corrected chi connectivity index (χ3v) is 5.37. The fourth-order valence-corrected chi connectivity index (χ4v) is 3.49. The van der Waals surface area contributed by atoms with E-state index in [1.54, 1.807) is 41.4 Å². The smallest absolute Gasteiger partial charge is 0.337 e. The number of benzene rings is 1. The van der Waals surface area contributed by atoms with Crippen LogP contribution in [0.1, 0.15) is 40.6 Å². The van der Waals surface area contributed by atoms with Gasteiger partial charge in [-0.1, -0.05) is 13.0 Å². The number of amides is 1. The van der Waals surface area contributed by atoms with Crippen LogP contribution in [-0.4, -0.2) is 51.6 Å². The molecule has 1 N–H and O–H groups in total. The van der Waals surface area contributed by atoms with Crippen molar-refractivity contribution in [3.63, 3.8) is 0 Å². The fraction of sp³-hybridized carbons (Fsp3) is 0.318. The van der Waals surface area contributed by atoms with Gasteiger partial charge in [0.15, 0.2) is 0 Å². The minimum absolute atomic E-state index is 0.232. The Balaban J connectivity index is 1.48. The van der Waals surface area contributed by atoms with Gasteiger partial charge < -0.3 is 15.0 Å². The highest BCUT2D eigenvalue weighted by Crippen LogP contribution is 2.22. The Kier molecular flexibility index (Phi) is 5.92. The molecule has 0 unspecified atom stereocenters. The van der Waals surface area contributed by atoms with Gasteiger partial charge in [0.25, 0.3) is 5.91 Å². The summed E-state index contributed by atoms with van der Waals surface area (Å²) in [6.07, 6.45) is 6.98. The summed E-state index contributed by atoms with van der Waals surface area (Å²) in [4.78, 5) is 39.5. The summed E-state index contributed by atoms with van der Waals surface area (Å²) in [5, 5.41) is 2.75. The van der Waals surface area contributed by atoms with E-state index in [1.807, 2.05) is 6.07 Å². The Morgan fingerprint density at radius 1 is 1.10 bits per heavy atom. The first-order valence-corrected chi connectivity index (χ1v) is 10.1. The van der Waals surface area contributed by atoms with Crippen LogP contribution in [0.2, 0.25) is 0 Å². The normalized spacial score (nSPS) is 14.3. The average molecular weight is 420 g/mol. The van der Waals surface area contributed by atoms with E-state index in [4.69, 9.17) is 4.74 Å². The summed E-state index contributed by atoms with van der Waals surface area (Å²) in [7, 11) is 1.31. The van der Waals surface area contributed by atoms with E-state index >= 15 is 0 Å².